The number of hydrogen-bond acceptors (Lipinski definition) is 5. The van der Waals surface area contributed by atoms with Crippen LogP contribution in [0.1, 0.15) is 48.5 Å². The zero-order valence-corrected chi connectivity index (χ0v) is 12.8. The summed E-state index contributed by atoms with van der Waals surface area (Å²) in [5.74, 6) is -1.51. The fourth-order valence-corrected chi connectivity index (χ4v) is 1.01. The summed E-state index contributed by atoms with van der Waals surface area (Å²) >= 11 is 0. The first-order chi connectivity index (χ1) is 8.46. The number of carbonyl (C=O) groups is 2. The van der Waals surface area contributed by atoms with Gasteiger partial charge in [-0.2, -0.15) is 0 Å². The maximum Gasteiger partial charge on any atom is 0.349 e. The first-order valence-electron chi connectivity index (χ1n) is 6.24. The molecule has 5 heteroatoms. The largest absolute Gasteiger partial charge is 0.500 e. The Kier molecular flexibility index (Phi) is 6.06. The first kappa shape index (κ1) is 17.5. The number of hydrogen-bond donors (Lipinski definition) is 0. The van der Waals surface area contributed by atoms with Crippen molar-refractivity contribution >= 4 is 11.9 Å². The van der Waals surface area contributed by atoms with E-state index in [0.29, 0.717) is 6.61 Å². The maximum absolute atomic E-state index is 11.9. The number of ether oxygens (including phenoxy) is 3. The third-order valence-electron chi connectivity index (χ3n) is 1.61. The van der Waals surface area contributed by atoms with Gasteiger partial charge in [0, 0.05) is 0 Å². The molecular formula is C14H24O5. The molecule has 0 spiro atoms. The van der Waals surface area contributed by atoms with Crippen molar-refractivity contribution in [2.45, 2.75) is 59.7 Å². The van der Waals surface area contributed by atoms with Crippen molar-refractivity contribution in [3.8, 4) is 0 Å². The molecule has 19 heavy (non-hydrogen) atoms. The van der Waals surface area contributed by atoms with Crippen molar-refractivity contribution in [1.82, 2.24) is 0 Å². The summed E-state index contributed by atoms with van der Waals surface area (Å²) in [4.78, 5) is 23.8. The molecular weight excluding hydrogens is 248 g/mol. The average molecular weight is 272 g/mol. The van der Waals surface area contributed by atoms with Crippen molar-refractivity contribution in [2.75, 3.05) is 6.61 Å². The number of carbonyl (C=O) groups excluding carboxylic acids is 2. The van der Waals surface area contributed by atoms with Crippen molar-refractivity contribution in [2.24, 2.45) is 0 Å². The molecule has 0 aromatic heterocycles. The predicted molar refractivity (Wildman–Crippen MR) is 71.4 cm³/mol. The third-order valence-corrected chi connectivity index (χ3v) is 1.61. The predicted octanol–water partition coefficient (Wildman–Crippen LogP) is 2.59. The smallest absolute Gasteiger partial charge is 0.349 e. The van der Waals surface area contributed by atoms with E-state index in [0.717, 1.165) is 6.26 Å². The van der Waals surface area contributed by atoms with Crippen LogP contribution in [0.3, 0.4) is 0 Å². The van der Waals surface area contributed by atoms with Crippen molar-refractivity contribution in [1.29, 1.82) is 0 Å². The Balaban J connectivity index is 5.02. The highest BCUT2D eigenvalue weighted by atomic mass is 16.6. The van der Waals surface area contributed by atoms with E-state index in [2.05, 4.69) is 0 Å². The molecule has 0 atom stereocenters. The minimum atomic E-state index is -0.754. The lowest BCUT2D eigenvalue weighted by Crippen LogP contribution is -2.31. The summed E-state index contributed by atoms with van der Waals surface area (Å²) < 4.78 is 15.3. The van der Waals surface area contributed by atoms with Gasteiger partial charge in [-0.1, -0.05) is 0 Å². The Morgan fingerprint density at radius 1 is 0.895 bits per heavy atom. The number of rotatable bonds is 4. The summed E-state index contributed by atoms with van der Waals surface area (Å²) in [6.07, 6.45) is 1.09. The van der Waals surface area contributed by atoms with Gasteiger partial charge in [0.1, 0.15) is 17.5 Å². The average Bonchev–Trinajstić information content (AvgIpc) is 2.12. The second kappa shape index (κ2) is 6.59. The van der Waals surface area contributed by atoms with Crippen LogP contribution in [-0.4, -0.2) is 29.7 Å². The van der Waals surface area contributed by atoms with Gasteiger partial charge in [-0.05, 0) is 48.5 Å². The Labute approximate surface area is 114 Å². The molecule has 0 amide bonds. The van der Waals surface area contributed by atoms with E-state index < -0.39 is 23.1 Å². The summed E-state index contributed by atoms with van der Waals surface area (Å²) in [5.41, 5.74) is -1.62. The lowest BCUT2D eigenvalue weighted by molar-refractivity contribution is -0.158. The molecule has 0 N–H and O–H groups in total. The summed E-state index contributed by atoms with van der Waals surface area (Å²) in [6, 6.07) is 0. The van der Waals surface area contributed by atoms with Crippen molar-refractivity contribution in [3.63, 3.8) is 0 Å². The van der Waals surface area contributed by atoms with Crippen LogP contribution >= 0.6 is 0 Å². The standard InChI is InChI=1S/C14H24O5/c1-8-17-9-10(11(15)18-13(2,3)4)12(16)19-14(5,6)7/h9H,8H2,1-7H3. The molecule has 0 aromatic carbocycles. The number of esters is 2. The monoisotopic (exact) mass is 272 g/mol. The highest BCUT2D eigenvalue weighted by Gasteiger charge is 2.29. The zero-order chi connectivity index (χ0) is 15.3. The van der Waals surface area contributed by atoms with Crippen LogP contribution in [0.25, 0.3) is 0 Å². The molecule has 110 valence electrons. The van der Waals surface area contributed by atoms with E-state index in [1.165, 1.54) is 0 Å². The molecule has 0 saturated carbocycles. The fraction of sp³-hybridized carbons (Fsp3) is 0.714. The molecule has 0 aliphatic carbocycles. The van der Waals surface area contributed by atoms with Crippen LogP contribution < -0.4 is 0 Å². The summed E-state index contributed by atoms with van der Waals surface area (Å²) in [5, 5.41) is 0. The molecule has 0 radical (unpaired) electrons. The van der Waals surface area contributed by atoms with Crippen LogP contribution in [0, 0.1) is 0 Å². The van der Waals surface area contributed by atoms with E-state index >= 15 is 0 Å². The lowest BCUT2D eigenvalue weighted by Gasteiger charge is -2.22. The van der Waals surface area contributed by atoms with Gasteiger partial charge in [-0.3, -0.25) is 0 Å². The van der Waals surface area contributed by atoms with Crippen molar-refractivity contribution in [3.05, 3.63) is 11.8 Å². The fourth-order valence-electron chi connectivity index (χ4n) is 1.01. The molecule has 0 fully saturated rings. The van der Waals surface area contributed by atoms with Gasteiger partial charge in [0.2, 0.25) is 0 Å². The van der Waals surface area contributed by atoms with Gasteiger partial charge >= 0.3 is 11.9 Å². The van der Waals surface area contributed by atoms with Crippen LogP contribution in [0.2, 0.25) is 0 Å². The van der Waals surface area contributed by atoms with Gasteiger partial charge in [-0.25, -0.2) is 9.59 Å². The molecule has 0 heterocycles. The third kappa shape index (κ3) is 8.24. The lowest BCUT2D eigenvalue weighted by atomic mass is 10.1. The molecule has 0 aromatic rings. The highest BCUT2D eigenvalue weighted by Crippen LogP contribution is 2.15. The molecule has 0 saturated heterocycles. The maximum atomic E-state index is 11.9. The Bertz CT molecular complexity index is 325. The quantitative estimate of drug-likeness (QED) is 0.259. The molecule has 0 aliphatic heterocycles. The van der Waals surface area contributed by atoms with E-state index in [-0.39, 0.29) is 5.57 Å². The van der Waals surface area contributed by atoms with E-state index in [1.807, 2.05) is 0 Å². The van der Waals surface area contributed by atoms with Crippen molar-refractivity contribution < 1.29 is 23.8 Å². The normalized spacial score (nSPS) is 11.5. The molecule has 0 unspecified atom stereocenters. The minimum Gasteiger partial charge on any atom is -0.500 e. The Morgan fingerprint density at radius 3 is 1.53 bits per heavy atom. The summed E-state index contributed by atoms with van der Waals surface area (Å²) in [7, 11) is 0. The van der Waals surface area contributed by atoms with Crippen LogP contribution in [-0.2, 0) is 23.8 Å². The molecule has 0 aliphatic rings. The van der Waals surface area contributed by atoms with E-state index in [9.17, 15) is 9.59 Å². The van der Waals surface area contributed by atoms with Gasteiger partial charge in [0.15, 0.2) is 5.57 Å². The van der Waals surface area contributed by atoms with Gasteiger partial charge in [-0.15, -0.1) is 0 Å². The SMILES string of the molecule is CCOC=C(C(=O)OC(C)(C)C)C(=O)OC(C)(C)C. The van der Waals surface area contributed by atoms with Gasteiger partial charge in [0.25, 0.3) is 0 Å². The second-order valence-corrected chi connectivity index (χ2v) is 5.99. The van der Waals surface area contributed by atoms with E-state index in [4.69, 9.17) is 14.2 Å². The van der Waals surface area contributed by atoms with Crippen LogP contribution in [0.5, 0.6) is 0 Å². The zero-order valence-electron chi connectivity index (χ0n) is 12.8. The Hall–Kier alpha value is -1.52. The van der Waals surface area contributed by atoms with E-state index in [1.54, 1.807) is 48.5 Å². The highest BCUT2D eigenvalue weighted by molar-refractivity contribution is 6.14. The second-order valence-electron chi connectivity index (χ2n) is 5.99. The first-order valence-corrected chi connectivity index (χ1v) is 6.24. The van der Waals surface area contributed by atoms with Gasteiger partial charge in [0.05, 0.1) is 6.61 Å². The summed E-state index contributed by atoms with van der Waals surface area (Å²) in [6.45, 7) is 12.4. The molecule has 0 rings (SSSR count). The molecule has 5 nitrogen and oxygen atoms in total. The Morgan fingerprint density at radius 2 is 1.26 bits per heavy atom. The topological polar surface area (TPSA) is 61.8 Å². The van der Waals surface area contributed by atoms with Crippen LogP contribution in [0.4, 0.5) is 0 Å². The molecule has 0 bridgehead atoms. The minimum absolute atomic E-state index is 0.244. The van der Waals surface area contributed by atoms with Crippen LogP contribution in [0.15, 0.2) is 11.8 Å². The van der Waals surface area contributed by atoms with Gasteiger partial charge < -0.3 is 14.2 Å².